The molecule has 2 aliphatic rings. The van der Waals surface area contributed by atoms with Gasteiger partial charge in [0, 0.05) is 12.6 Å². The summed E-state index contributed by atoms with van der Waals surface area (Å²) in [6.45, 7) is 0.858. The monoisotopic (exact) mass is 227 g/mol. The Labute approximate surface area is 93.9 Å². The zero-order valence-corrected chi connectivity index (χ0v) is 9.07. The van der Waals surface area contributed by atoms with E-state index in [0.29, 0.717) is 5.92 Å². The molecule has 2 fully saturated rings. The minimum absolute atomic E-state index is 0.111. The average molecular weight is 227 g/mol. The molecule has 0 spiro atoms. The molecule has 6 nitrogen and oxygen atoms in total. The third-order valence-electron chi connectivity index (χ3n) is 3.01. The lowest BCUT2D eigenvalue weighted by atomic mass is 10.1. The van der Waals surface area contributed by atoms with E-state index in [1.807, 2.05) is 5.32 Å². The van der Waals surface area contributed by atoms with Crippen molar-refractivity contribution in [2.45, 2.75) is 31.4 Å². The second-order valence-electron chi connectivity index (χ2n) is 4.36. The Bertz CT molecular complexity index is 291. The first-order valence-corrected chi connectivity index (χ1v) is 5.61. The fourth-order valence-corrected chi connectivity index (χ4v) is 2.12. The van der Waals surface area contributed by atoms with E-state index in [9.17, 15) is 9.59 Å². The van der Waals surface area contributed by atoms with Crippen LogP contribution in [-0.4, -0.2) is 37.2 Å². The molecule has 0 radical (unpaired) electrons. The molecule has 1 saturated carbocycles. The van der Waals surface area contributed by atoms with Gasteiger partial charge in [-0.25, -0.2) is 4.79 Å². The van der Waals surface area contributed by atoms with Crippen molar-refractivity contribution in [3.8, 4) is 0 Å². The zero-order valence-electron chi connectivity index (χ0n) is 9.07. The van der Waals surface area contributed by atoms with Crippen molar-refractivity contribution in [3.63, 3.8) is 0 Å². The summed E-state index contributed by atoms with van der Waals surface area (Å²) >= 11 is 0. The van der Waals surface area contributed by atoms with Gasteiger partial charge in [0.25, 0.3) is 0 Å². The SMILES string of the molecule is NC(=O)NC(=O)CNC1CCOC1C1CC1. The largest absolute Gasteiger partial charge is 0.376 e. The van der Waals surface area contributed by atoms with E-state index < -0.39 is 11.9 Å². The molecule has 1 saturated heterocycles. The molecule has 2 unspecified atom stereocenters. The maximum absolute atomic E-state index is 11.2. The van der Waals surface area contributed by atoms with Crippen LogP contribution in [0.1, 0.15) is 19.3 Å². The van der Waals surface area contributed by atoms with Gasteiger partial charge in [-0.1, -0.05) is 0 Å². The number of nitrogens with one attached hydrogen (secondary N) is 2. The molecule has 0 aromatic carbocycles. The van der Waals surface area contributed by atoms with E-state index >= 15 is 0 Å². The smallest absolute Gasteiger partial charge is 0.318 e. The third-order valence-corrected chi connectivity index (χ3v) is 3.01. The summed E-state index contributed by atoms with van der Waals surface area (Å²) in [6, 6.07) is -0.584. The van der Waals surface area contributed by atoms with E-state index in [0.717, 1.165) is 13.0 Å². The van der Waals surface area contributed by atoms with Gasteiger partial charge in [0.2, 0.25) is 5.91 Å². The molecule has 2 rings (SSSR count). The summed E-state index contributed by atoms with van der Waals surface area (Å²) in [5.41, 5.74) is 4.84. The molecule has 90 valence electrons. The van der Waals surface area contributed by atoms with Gasteiger partial charge in [0.05, 0.1) is 12.6 Å². The molecule has 0 bridgehead atoms. The molecule has 6 heteroatoms. The van der Waals surface area contributed by atoms with E-state index in [1.54, 1.807) is 0 Å². The number of hydrogen-bond donors (Lipinski definition) is 3. The van der Waals surface area contributed by atoms with E-state index in [4.69, 9.17) is 10.5 Å². The first-order valence-electron chi connectivity index (χ1n) is 5.61. The number of imide groups is 1. The minimum atomic E-state index is -0.812. The van der Waals surface area contributed by atoms with Crippen molar-refractivity contribution in [3.05, 3.63) is 0 Å². The van der Waals surface area contributed by atoms with Gasteiger partial charge >= 0.3 is 6.03 Å². The van der Waals surface area contributed by atoms with Gasteiger partial charge in [-0.05, 0) is 25.2 Å². The fourth-order valence-electron chi connectivity index (χ4n) is 2.12. The second kappa shape index (κ2) is 4.80. The topological polar surface area (TPSA) is 93.5 Å². The summed E-state index contributed by atoms with van der Waals surface area (Å²) in [4.78, 5) is 21.6. The number of carbonyl (C=O) groups excluding carboxylic acids is 2. The number of primary amides is 1. The molecule has 0 aromatic rings. The highest BCUT2D eigenvalue weighted by Gasteiger charge is 2.40. The Morgan fingerprint density at radius 1 is 1.31 bits per heavy atom. The van der Waals surface area contributed by atoms with Crippen molar-refractivity contribution in [1.29, 1.82) is 0 Å². The van der Waals surface area contributed by atoms with Gasteiger partial charge in [-0.15, -0.1) is 0 Å². The Kier molecular flexibility index (Phi) is 3.40. The molecule has 0 aromatic heterocycles. The predicted octanol–water partition coefficient (Wildman–Crippen LogP) is -0.662. The quantitative estimate of drug-likeness (QED) is 0.594. The number of nitrogens with two attached hydrogens (primary N) is 1. The third kappa shape index (κ3) is 2.93. The number of ether oxygens (including phenoxy) is 1. The van der Waals surface area contributed by atoms with Crippen molar-refractivity contribution in [2.75, 3.05) is 13.2 Å². The van der Waals surface area contributed by atoms with Crippen molar-refractivity contribution >= 4 is 11.9 Å². The van der Waals surface area contributed by atoms with Crippen LogP contribution in [0.2, 0.25) is 0 Å². The molecule has 2 atom stereocenters. The highest BCUT2D eigenvalue weighted by atomic mass is 16.5. The molecule has 1 heterocycles. The lowest BCUT2D eigenvalue weighted by Gasteiger charge is -2.18. The number of carbonyl (C=O) groups is 2. The highest BCUT2D eigenvalue weighted by molar-refractivity contribution is 5.94. The van der Waals surface area contributed by atoms with Gasteiger partial charge in [0.1, 0.15) is 0 Å². The number of rotatable bonds is 4. The first-order chi connectivity index (χ1) is 7.66. The van der Waals surface area contributed by atoms with Crippen LogP contribution in [0.15, 0.2) is 0 Å². The van der Waals surface area contributed by atoms with Gasteiger partial charge in [-0.3, -0.25) is 10.1 Å². The Hall–Kier alpha value is -1.14. The average Bonchev–Trinajstić information content (AvgIpc) is 2.94. The normalized spacial score (nSPS) is 29.0. The van der Waals surface area contributed by atoms with E-state index in [2.05, 4.69) is 5.32 Å². The van der Waals surface area contributed by atoms with Crippen molar-refractivity contribution in [2.24, 2.45) is 11.7 Å². The van der Waals surface area contributed by atoms with Crippen LogP contribution in [0.3, 0.4) is 0 Å². The van der Waals surface area contributed by atoms with Crippen LogP contribution in [0.4, 0.5) is 4.79 Å². The van der Waals surface area contributed by atoms with Gasteiger partial charge in [-0.2, -0.15) is 0 Å². The standard InChI is InChI=1S/C10H17N3O3/c11-10(15)13-8(14)5-12-7-3-4-16-9(7)6-1-2-6/h6-7,9,12H,1-5H2,(H3,11,13,14,15). The molecule has 4 N–H and O–H groups in total. The van der Waals surface area contributed by atoms with Gasteiger partial charge in [0.15, 0.2) is 0 Å². The number of hydrogen-bond acceptors (Lipinski definition) is 4. The van der Waals surface area contributed by atoms with Crippen LogP contribution >= 0.6 is 0 Å². The lowest BCUT2D eigenvalue weighted by molar-refractivity contribution is -0.119. The maximum atomic E-state index is 11.2. The molecule has 16 heavy (non-hydrogen) atoms. The summed E-state index contributed by atoms with van der Waals surface area (Å²) in [5, 5.41) is 5.14. The van der Waals surface area contributed by atoms with Crippen LogP contribution in [0.25, 0.3) is 0 Å². The first kappa shape index (κ1) is 11.3. The lowest BCUT2D eigenvalue weighted by Crippen LogP contribution is -2.46. The molecule has 1 aliphatic carbocycles. The van der Waals surface area contributed by atoms with Crippen LogP contribution in [-0.2, 0) is 9.53 Å². The number of urea groups is 1. The molecule has 3 amide bonds. The highest BCUT2D eigenvalue weighted by Crippen LogP contribution is 2.38. The number of amides is 3. The van der Waals surface area contributed by atoms with Crippen LogP contribution < -0.4 is 16.4 Å². The van der Waals surface area contributed by atoms with Gasteiger partial charge < -0.3 is 15.8 Å². The van der Waals surface area contributed by atoms with Crippen molar-refractivity contribution in [1.82, 2.24) is 10.6 Å². The van der Waals surface area contributed by atoms with E-state index in [-0.39, 0.29) is 18.7 Å². The Morgan fingerprint density at radius 2 is 2.06 bits per heavy atom. The Balaban J connectivity index is 1.72. The summed E-state index contributed by atoms with van der Waals surface area (Å²) in [6.07, 6.45) is 3.60. The summed E-state index contributed by atoms with van der Waals surface area (Å²) in [5.74, 6) is 0.258. The molecule has 1 aliphatic heterocycles. The minimum Gasteiger partial charge on any atom is -0.376 e. The predicted molar refractivity (Wildman–Crippen MR) is 56.6 cm³/mol. The summed E-state index contributed by atoms with van der Waals surface area (Å²) in [7, 11) is 0. The molecular formula is C10H17N3O3. The Morgan fingerprint density at radius 3 is 2.69 bits per heavy atom. The maximum Gasteiger partial charge on any atom is 0.318 e. The zero-order chi connectivity index (χ0) is 11.5. The van der Waals surface area contributed by atoms with Crippen LogP contribution in [0.5, 0.6) is 0 Å². The van der Waals surface area contributed by atoms with Crippen molar-refractivity contribution < 1.29 is 14.3 Å². The summed E-state index contributed by atoms with van der Waals surface area (Å²) < 4.78 is 5.62. The fraction of sp³-hybridized carbons (Fsp3) is 0.800. The second-order valence-corrected chi connectivity index (χ2v) is 4.36. The molecular weight excluding hydrogens is 210 g/mol. The van der Waals surface area contributed by atoms with Crippen LogP contribution in [0, 0.1) is 5.92 Å². The van der Waals surface area contributed by atoms with E-state index in [1.165, 1.54) is 12.8 Å².